The van der Waals surface area contributed by atoms with Crippen LogP contribution in [-0.2, 0) is 11.3 Å². The van der Waals surface area contributed by atoms with E-state index in [9.17, 15) is 9.90 Å². The molecule has 5 rings (SSSR count). The van der Waals surface area contributed by atoms with Gasteiger partial charge in [0.15, 0.2) is 0 Å². The highest BCUT2D eigenvalue weighted by Gasteiger charge is 2.32. The maximum atomic E-state index is 12.5. The molecule has 0 aliphatic carbocycles. The summed E-state index contributed by atoms with van der Waals surface area (Å²) in [5.74, 6) is 0.859. The summed E-state index contributed by atoms with van der Waals surface area (Å²) >= 11 is 7.93. The number of aromatic nitrogens is 1. The minimum absolute atomic E-state index is 0.0228. The third-order valence-corrected chi connectivity index (χ3v) is 7.95. The first-order chi connectivity index (χ1) is 16.1. The van der Waals surface area contributed by atoms with Gasteiger partial charge in [0.2, 0.25) is 5.91 Å². The molecule has 0 saturated carbocycles. The Balaban J connectivity index is 1.51. The summed E-state index contributed by atoms with van der Waals surface area (Å²) in [6.45, 7) is 5.89. The monoisotopic (exact) mass is 479 g/mol. The van der Waals surface area contributed by atoms with Gasteiger partial charge in [-0.05, 0) is 53.8 Å². The van der Waals surface area contributed by atoms with Gasteiger partial charge < -0.3 is 14.9 Å². The number of fused-ring (bicyclic) bond motifs is 1. The Labute approximate surface area is 202 Å². The number of halogens is 1. The number of hydrogen-bond acceptors (Lipinski definition) is 5. The summed E-state index contributed by atoms with van der Waals surface area (Å²) in [5, 5.41) is 9.66. The lowest BCUT2D eigenvalue weighted by molar-refractivity contribution is -0.127. The molecule has 2 aromatic heterocycles. The normalized spacial score (nSPS) is 20.1. The average molecular weight is 480 g/mol. The van der Waals surface area contributed by atoms with Crippen LogP contribution < -0.4 is 4.90 Å². The lowest BCUT2D eigenvalue weighted by Gasteiger charge is -2.33. The third kappa shape index (κ3) is 4.19. The van der Waals surface area contributed by atoms with Gasteiger partial charge in [0, 0.05) is 35.6 Å². The van der Waals surface area contributed by atoms with Crippen molar-refractivity contribution in [1.29, 1.82) is 0 Å². The molecular weight excluding hydrogens is 454 g/mol. The molecule has 33 heavy (non-hydrogen) atoms. The summed E-state index contributed by atoms with van der Waals surface area (Å²) < 4.78 is 0.741. The van der Waals surface area contributed by atoms with Crippen LogP contribution in [-0.4, -0.2) is 46.6 Å². The lowest BCUT2D eigenvalue weighted by atomic mass is 9.84. The molecule has 1 fully saturated rings. The van der Waals surface area contributed by atoms with Gasteiger partial charge in [-0.3, -0.25) is 4.79 Å². The van der Waals surface area contributed by atoms with Crippen molar-refractivity contribution >= 4 is 34.7 Å². The Morgan fingerprint density at radius 2 is 2.12 bits per heavy atom. The Hall–Kier alpha value is -2.67. The van der Waals surface area contributed by atoms with Crippen LogP contribution in [0.15, 0.2) is 61.3 Å². The molecule has 4 heterocycles. The zero-order valence-corrected chi connectivity index (χ0v) is 19.9. The molecule has 2 aliphatic heterocycles. The first-order valence-corrected chi connectivity index (χ1v) is 12.4. The van der Waals surface area contributed by atoms with Gasteiger partial charge in [-0.1, -0.05) is 42.4 Å². The van der Waals surface area contributed by atoms with Gasteiger partial charge in [0.25, 0.3) is 0 Å². The highest BCUT2D eigenvalue weighted by atomic mass is 35.5. The number of rotatable bonds is 5. The van der Waals surface area contributed by atoms with E-state index in [1.165, 1.54) is 23.0 Å². The lowest BCUT2D eigenvalue weighted by Crippen LogP contribution is -2.37. The number of carbonyl (C=O) groups excluding carboxylic acids is 1. The zero-order valence-electron chi connectivity index (χ0n) is 18.3. The molecule has 0 radical (unpaired) electrons. The molecule has 1 saturated heterocycles. The standard InChI is InChI=1S/C26H26ClN3O2S/c1-2-26(32)29-14-22(21-12-24(27)33-23(21)15-29)20-8-4-3-7-19(20)17-9-10-25(28-13-17)30-11-5-6-18(30)16-31/h2-4,7-10,12-13,18,22,31H,1,5-6,11,14-16H2/t18-,22-/m1/s1. The van der Waals surface area contributed by atoms with Gasteiger partial charge in [0.1, 0.15) is 5.82 Å². The fourth-order valence-corrected chi connectivity index (χ4v) is 6.41. The maximum Gasteiger partial charge on any atom is 0.246 e. The molecule has 0 unspecified atom stereocenters. The van der Waals surface area contributed by atoms with Gasteiger partial charge in [-0.25, -0.2) is 4.98 Å². The van der Waals surface area contributed by atoms with Crippen LogP contribution in [0, 0.1) is 0 Å². The van der Waals surface area contributed by atoms with Crippen molar-refractivity contribution in [2.45, 2.75) is 31.3 Å². The summed E-state index contributed by atoms with van der Waals surface area (Å²) in [7, 11) is 0. The summed E-state index contributed by atoms with van der Waals surface area (Å²) in [6.07, 6.45) is 5.36. The number of hydrogen-bond donors (Lipinski definition) is 1. The van der Waals surface area contributed by atoms with Gasteiger partial charge in [-0.15, -0.1) is 11.3 Å². The largest absolute Gasteiger partial charge is 0.394 e. The molecule has 2 atom stereocenters. The number of pyridine rings is 1. The number of nitrogens with zero attached hydrogens (tertiary/aromatic N) is 3. The topological polar surface area (TPSA) is 56.7 Å². The van der Waals surface area contributed by atoms with Crippen LogP contribution in [0.4, 0.5) is 5.82 Å². The second-order valence-corrected chi connectivity index (χ2v) is 10.3. The van der Waals surface area contributed by atoms with Crippen molar-refractivity contribution in [3.8, 4) is 11.1 Å². The van der Waals surface area contributed by atoms with E-state index in [4.69, 9.17) is 16.6 Å². The fourth-order valence-electron chi connectivity index (χ4n) is 5.05. The van der Waals surface area contributed by atoms with E-state index in [1.54, 1.807) is 0 Å². The number of carbonyl (C=O) groups is 1. The first-order valence-electron chi connectivity index (χ1n) is 11.2. The molecule has 1 amide bonds. The van der Waals surface area contributed by atoms with Crippen molar-refractivity contribution in [2.24, 2.45) is 0 Å². The van der Waals surface area contributed by atoms with E-state index in [0.717, 1.165) is 51.1 Å². The van der Waals surface area contributed by atoms with E-state index >= 15 is 0 Å². The summed E-state index contributed by atoms with van der Waals surface area (Å²) in [5.41, 5.74) is 4.48. The van der Waals surface area contributed by atoms with Crippen LogP contribution in [0.5, 0.6) is 0 Å². The molecule has 0 spiro atoms. The van der Waals surface area contributed by atoms with E-state index in [1.807, 2.05) is 35.4 Å². The van der Waals surface area contributed by atoms with Crippen LogP contribution in [0.2, 0.25) is 4.34 Å². The van der Waals surface area contributed by atoms with Crippen molar-refractivity contribution < 1.29 is 9.90 Å². The number of aliphatic hydroxyl groups is 1. The Kier molecular flexibility index (Phi) is 6.23. The van der Waals surface area contributed by atoms with Crippen LogP contribution in [0.1, 0.15) is 34.8 Å². The Morgan fingerprint density at radius 1 is 1.27 bits per heavy atom. The number of aliphatic hydroxyl groups excluding tert-OH is 1. The van der Waals surface area contributed by atoms with Gasteiger partial charge >= 0.3 is 0 Å². The molecule has 7 heteroatoms. The van der Waals surface area contributed by atoms with E-state index < -0.39 is 0 Å². The van der Waals surface area contributed by atoms with Crippen molar-refractivity contribution in [3.63, 3.8) is 0 Å². The number of anilines is 1. The molecular formula is C26H26ClN3O2S. The molecule has 2 aliphatic rings. The van der Waals surface area contributed by atoms with Crippen LogP contribution >= 0.6 is 22.9 Å². The number of thiophene rings is 1. The van der Waals surface area contributed by atoms with Crippen molar-refractivity contribution in [1.82, 2.24) is 9.88 Å². The average Bonchev–Trinajstić information content (AvgIpc) is 3.48. The first kappa shape index (κ1) is 22.1. The molecule has 3 aromatic rings. The fraction of sp³-hybridized carbons (Fsp3) is 0.308. The summed E-state index contributed by atoms with van der Waals surface area (Å²) in [6, 6.07) is 14.7. The maximum absolute atomic E-state index is 12.5. The van der Waals surface area contributed by atoms with E-state index in [0.29, 0.717) is 13.1 Å². The highest BCUT2D eigenvalue weighted by molar-refractivity contribution is 7.16. The minimum Gasteiger partial charge on any atom is -0.394 e. The van der Waals surface area contributed by atoms with E-state index in [2.05, 4.69) is 29.7 Å². The highest BCUT2D eigenvalue weighted by Crippen LogP contribution is 2.43. The predicted octanol–water partition coefficient (Wildman–Crippen LogP) is 5.08. The minimum atomic E-state index is -0.0669. The second-order valence-electron chi connectivity index (χ2n) is 8.57. The molecule has 5 nitrogen and oxygen atoms in total. The zero-order chi connectivity index (χ0) is 22.9. The number of amides is 1. The third-order valence-electron chi connectivity index (χ3n) is 6.69. The van der Waals surface area contributed by atoms with Gasteiger partial charge in [-0.2, -0.15) is 0 Å². The predicted molar refractivity (Wildman–Crippen MR) is 134 cm³/mol. The molecule has 1 aromatic carbocycles. The smallest absolute Gasteiger partial charge is 0.246 e. The van der Waals surface area contributed by atoms with Crippen LogP contribution in [0.3, 0.4) is 0 Å². The molecule has 1 N–H and O–H groups in total. The SMILES string of the molecule is C=CC(=O)N1Cc2sc(Cl)cc2[C@@H](c2ccccc2-c2ccc(N3CCC[C@@H]3CO)nc2)C1. The quantitative estimate of drug-likeness (QED) is 0.518. The van der Waals surface area contributed by atoms with Gasteiger partial charge in [0.05, 0.1) is 23.5 Å². The van der Waals surface area contributed by atoms with E-state index in [-0.39, 0.29) is 24.5 Å². The Morgan fingerprint density at radius 3 is 2.88 bits per heavy atom. The van der Waals surface area contributed by atoms with Crippen LogP contribution in [0.25, 0.3) is 11.1 Å². The van der Waals surface area contributed by atoms with Crippen molar-refractivity contribution in [2.75, 3.05) is 24.6 Å². The second kappa shape index (κ2) is 9.29. The summed E-state index contributed by atoms with van der Waals surface area (Å²) in [4.78, 5) is 22.4. The molecule has 0 bridgehead atoms. The molecule has 170 valence electrons. The number of benzene rings is 1. The Bertz CT molecular complexity index is 1180. The van der Waals surface area contributed by atoms with Crippen molar-refractivity contribution in [3.05, 3.63) is 81.7 Å².